The highest BCUT2D eigenvalue weighted by atomic mass is 32.2. The van der Waals surface area contributed by atoms with Crippen molar-refractivity contribution in [2.75, 3.05) is 19.3 Å². The maximum absolute atomic E-state index is 12.5. The molecule has 0 saturated carbocycles. The zero-order valence-corrected chi connectivity index (χ0v) is 13.0. The zero-order chi connectivity index (χ0) is 15.6. The van der Waals surface area contributed by atoms with Gasteiger partial charge in [-0.3, -0.25) is 4.79 Å². The number of piperidine rings is 1. The van der Waals surface area contributed by atoms with E-state index < -0.39 is 18.2 Å². The molecule has 2 rings (SSSR count). The van der Waals surface area contributed by atoms with Gasteiger partial charge in [0.05, 0.1) is 0 Å². The van der Waals surface area contributed by atoms with Crippen LogP contribution in [0.4, 0.5) is 13.2 Å². The highest BCUT2D eigenvalue weighted by Crippen LogP contribution is 2.33. The summed E-state index contributed by atoms with van der Waals surface area (Å²) in [6, 6.07) is 1.86. The van der Waals surface area contributed by atoms with Gasteiger partial charge in [0.25, 0.3) is 5.91 Å². The van der Waals surface area contributed by atoms with Crippen molar-refractivity contribution in [3.63, 3.8) is 0 Å². The topological polar surface area (TPSA) is 40.5 Å². The summed E-state index contributed by atoms with van der Waals surface area (Å²) in [6.07, 6.45) is -4.65. The molecule has 0 radical (unpaired) electrons. The van der Waals surface area contributed by atoms with Crippen LogP contribution in [0.1, 0.15) is 22.5 Å². The Hall–Kier alpha value is -0.730. The fourth-order valence-corrected chi connectivity index (χ4v) is 4.15. The minimum atomic E-state index is -4.59. The average Bonchev–Trinajstić information content (AvgIpc) is 2.93. The van der Waals surface area contributed by atoms with Crippen molar-refractivity contribution in [2.45, 2.75) is 30.0 Å². The number of alkyl halides is 3. The van der Waals surface area contributed by atoms with Gasteiger partial charge in [0, 0.05) is 18.0 Å². The van der Waals surface area contributed by atoms with Crippen LogP contribution in [0.15, 0.2) is 16.3 Å². The largest absolute Gasteiger partial charge is 0.414 e. The number of carbonyl (C=O) groups is 1. The third kappa shape index (κ3) is 3.73. The van der Waals surface area contributed by atoms with E-state index in [0.717, 1.165) is 4.90 Å². The summed E-state index contributed by atoms with van der Waals surface area (Å²) >= 11 is 2.82. The van der Waals surface area contributed by atoms with Gasteiger partial charge >= 0.3 is 6.18 Å². The van der Waals surface area contributed by atoms with Crippen LogP contribution in [-0.2, 0) is 0 Å². The molecule has 118 valence electrons. The molecular formula is C13H16F3NO2S2. The summed E-state index contributed by atoms with van der Waals surface area (Å²) in [4.78, 5) is 15.5. The monoisotopic (exact) mass is 339 g/mol. The second-order valence-corrected chi connectivity index (χ2v) is 6.70. The molecule has 1 amide bonds. The molecule has 1 saturated heterocycles. The molecule has 1 aromatic heterocycles. The molecule has 1 unspecified atom stereocenters. The molecule has 1 atom stereocenters. The lowest BCUT2D eigenvalue weighted by molar-refractivity contribution is -0.222. The Morgan fingerprint density at radius 3 is 2.62 bits per heavy atom. The van der Waals surface area contributed by atoms with Crippen LogP contribution in [0.25, 0.3) is 0 Å². The number of nitrogens with zero attached hydrogens (tertiary/aromatic N) is 1. The molecule has 1 aromatic rings. The number of carbonyl (C=O) groups excluding carboxylic acids is 1. The summed E-state index contributed by atoms with van der Waals surface area (Å²) in [7, 11) is 0. The zero-order valence-electron chi connectivity index (χ0n) is 11.4. The molecule has 1 aliphatic heterocycles. The molecule has 8 heteroatoms. The van der Waals surface area contributed by atoms with E-state index in [2.05, 4.69) is 0 Å². The minimum Gasteiger partial charge on any atom is -0.383 e. The van der Waals surface area contributed by atoms with Gasteiger partial charge < -0.3 is 10.0 Å². The van der Waals surface area contributed by atoms with E-state index in [1.54, 1.807) is 4.90 Å². The maximum atomic E-state index is 12.5. The number of hydrogen-bond acceptors (Lipinski definition) is 4. The van der Waals surface area contributed by atoms with E-state index in [9.17, 15) is 23.1 Å². The first-order valence-electron chi connectivity index (χ1n) is 6.50. The molecule has 0 aliphatic carbocycles. The molecular weight excluding hydrogens is 323 g/mol. The fraction of sp³-hybridized carbons (Fsp3) is 0.615. The standard InChI is InChI=1S/C13H16F3NO2S2/c1-20-9-4-7-21-10(9)12(19)17-5-2-8(3-6-17)11(18)13(14,15)16/h4,7-8,11,18H,2-3,5-6H2,1H3. The highest BCUT2D eigenvalue weighted by molar-refractivity contribution is 7.98. The Kier molecular flexibility index (Phi) is 5.21. The van der Waals surface area contributed by atoms with Crippen LogP contribution in [0, 0.1) is 5.92 Å². The van der Waals surface area contributed by atoms with Crippen molar-refractivity contribution in [1.29, 1.82) is 0 Å². The van der Waals surface area contributed by atoms with E-state index in [4.69, 9.17) is 0 Å². The number of amides is 1. The summed E-state index contributed by atoms with van der Waals surface area (Å²) < 4.78 is 37.4. The van der Waals surface area contributed by atoms with E-state index in [1.807, 2.05) is 17.7 Å². The summed E-state index contributed by atoms with van der Waals surface area (Å²) in [6.45, 7) is 0.505. The molecule has 1 aliphatic rings. The molecule has 21 heavy (non-hydrogen) atoms. The van der Waals surface area contributed by atoms with Gasteiger partial charge in [-0.1, -0.05) is 0 Å². The first-order chi connectivity index (χ1) is 9.84. The number of hydrogen-bond donors (Lipinski definition) is 1. The molecule has 1 fully saturated rings. The van der Waals surface area contributed by atoms with E-state index in [1.165, 1.54) is 23.1 Å². The number of rotatable bonds is 3. The van der Waals surface area contributed by atoms with Crippen LogP contribution >= 0.6 is 23.1 Å². The molecule has 2 heterocycles. The van der Waals surface area contributed by atoms with E-state index >= 15 is 0 Å². The number of aliphatic hydroxyl groups is 1. The first kappa shape index (κ1) is 16.6. The molecule has 1 N–H and O–H groups in total. The van der Waals surface area contributed by atoms with E-state index in [0.29, 0.717) is 4.88 Å². The molecule has 3 nitrogen and oxygen atoms in total. The van der Waals surface area contributed by atoms with Gasteiger partial charge in [-0.2, -0.15) is 13.2 Å². The summed E-state index contributed by atoms with van der Waals surface area (Å²) in [5, 5.41) is 11.1. The van der Waals surface area contributed by atoms with Gasteiger partial charge in [-0.05, 0) is 36.5 Å². The second-order valence-electron chi connectivity index (χ2n) is 4.93. The van der Waals surface area contributed by atoms with Gasteiger partial charge in [0.1, 0.15) is 4.88 Å². The lowest BCUT2D eigenvalue weighted by Crippen LogP contribution is -2.45. The number of aliphatic hydroxyl groups excluding tert-OH is 1. The van der Waals surface area contributed by atoms with Crippen LogP contribution in [0.5, 0.6) is 0 Å². The Balaban J connectivity index is 1.97. The van der Waals surface area contributed by atoms with Gasteiger partial charge in [0.15, 0.2) is 6.10 Å². The van der Waals surface area contributed by atoms with Crippen molar-refractivity contribution in [1.82, 2.24) is 4.90 Å². The Morgan fingerprint density at radius 2 is 2.10 bits per heavy atom. The van der Waals surface area contributed by atoms with Gasteiger partial charge in [-0.15, -0.1) is 23.1 Å². The SMILES string of the molecule is CSc1ccsc1C(=O)N1CCC(C(O)C(F)(F)F)CC1. The van der Waals surface area contributed by atoms with Crippen molar-refractivity contribution in [3.8, 4) is 0 Å². The first-order valence-corrected chi connectivity index (χ1v) is 8.60. The minimum absolute atomic E-state index is 0.130. The van der Waals surface area contributed by atoms with Gasteiger partial charge in [0.2, 0.25) is 0 Å². The van der Waals surface area contributed by atoms with Crippen molar-refractivity contribution in [3.05, 3.63) is 16.3 Å². The van der Waals surface area contributed by atoms with Gasteiger partial charge in [-0.25, -0.2) is 0 Å². The number of halogens is 3. The van der Waals surface area contributed by atoms with Crippen LogP contribution in [0.2, 0.25) is 0 Å². The number of thioether (sulfide) groups is 1. The van der Waals surface area contributed by atoms with Crippen molar-refractivity contribution >= 4 is 29.0 Å². The lowest BCUT2D eigenvalue weighted by Gasteiger charge is -2.34. The quantitative estimate of drug-likeness (QED) is 0.860. The third-order valence-corrected chi connectivity index (χ3v) is 5.46. The average molecular weight is 339 g/mol. The van der Waals surface area contributed by atoms with Crippen molar-refractivity contribution in [2.24, 2.45) is 5.92 Å². The Labute approximate surface area is 129 Å². The van der Waals surface area contributed by atoms with Crippen LogP contribution in [0.3, 0.4) is 0 Å². The Morgan fingerprint density at radius 1 is 1.48 bits per heavy atom. The smallest absolute Gasteiger partial charge is 0.383 e. The predicted molar refractivity (Wildman–Crippen MR) is 76.8 cm³/mol. The molecule has 0 spiro atoms. The fourth-order valence-electron chi connectivity index (χ4n) is 2.44. The van der Waals surface area contributed by atoms with Crippen molar-refractivity contribution < 1.29 is 23.1 Å². The van der Waals surface area contributed by atoms with Crippen LogP contribution < -0.4 is 0 Å². The third-order valence-electron chi connectivity index (χ3n) is 3.65. The number of likely N-dealkylation sites (tertiary alicyclic amines) is 1. The summed E-state index contributed by atoms with van der Waals surface area (Å²) in [5.74, 6) is -0.952. The molecule has 0 bridgehead atoms. The van der Waals surface area contributed by atoms with Crippen LogP contribution in [-0.4, -0.2) is 47.5 Å². The normalized spacial score (nSPS) is 18.8. The lowest BCUT2D eigenvalue weighted by atomic mass is 9.91. The highest BCUT2D eigenvalue weighted by Gasteiger charge is 2.44. The maximum Gasteiger partial charge on any atom is 0.414 e. The number of thiophene rings is 1. The predicted octanol–water partition coefficient (Wildman–Crippen LogP) is 3.25. The van der Waals surface area contributed by atoms with E-state index in [-0.39, 0.29) is 31.8 Å². The Bertz CT molecular complexity index is 496. The molecule has 0 aromatic carbocycles. The summed E-state index contributed by atoms with van der Waals surface area (Å²) in [5.41, 5.74) is 0. The second kappa shape index (κ2) is 6.58.